The summed E-state index contributed by atoms with van der Waals surface area (Å²) < 4.78 is 1.89. The standard InChI is InChI=1S/C21H27N3O2S/c1-13-6-5-9-18(14(13)2)24-20(26)16-7-3-4-8-17(16)23-21(24)27-12-19(25)22-15-10-11-15/h3-4,7-8,13-15,18H,5-6,9-12H2,1-2H3,(H,22,25)/t13-,14+,18-/m0/s1. The zero-order valence-electron chi connectivity index (χ0n) is 16.0. The fraction of sp³-hybridized carbons (Fsp3) is 0.571. The highest BCUT2D eigenvalue weighted by atomic mass is 32.2. The van der Waals surface area contributed by atoms with Crippen LogP contribution in [0.15, 0.2) is 34.2 Å². The molecule has 1 heterocycles. The summed E-state index contributed by atoms with van der Waals surface area (Å²) in [6.45, 7) is 4.51. The molecule has 27 heavy (non-hydrogen) atoms. The van der Waals surface area contributed by atoms with E-state index in [9.17, 15) is 9.59 Å². The van der Waals surface area contributed by atoms with Gasteiger partial charge in [0.1, 0.15) is 0 Å². The molecule has 1 amide bonds. The molecule has 1 aromatic heterocycles. The van der Waals surface area contributed by atoms with Gasteiger partial charge in [0.05, 0.1) is 16.7 Å². The number of benzene rings is 1. The molecule has 2 fully saturated rings. The summed E-state index contributed by atoms with van der Waals surface area (Å²) >= 11 is 1.39. The second-order valence-electron chi connectivity index (χ2n) is 8.05. The normalized spacial score (nSPS) is 25.5. The van der Waals surface area contributed by atoms with Crippen molar-refractivity contribution in [2.75, 3.05) is 5.75 Å². The number of hydrogen-bond acceptors (Lipinski definition) is 4. The largest absolute Gasteiger partial charge is 0.353 e. The predicted octanol–water partition coefficient (Wildman–Crippen LogP) is 3.76. The van der Waals surface area contributed by atoms with Crippen LogP contribution in [-0.4, -0.2) is 27.3 Å². The molecule has 5 nitrogen and oxygen atoms in total. The van der Waals surface area contributed by atoms with Crippen LogP contribution in [0, 0.1) is 11.8 Å². The third kappa shape index (κ3) is 3.91. The van der Waals surface area contributed by atoms with Gasteiger partial charge in [0.25, 0.3) is 5.56 Å². The van der Waals surface area contributed by atoms with Gasteiger partial charge in [-0.2, -0.15) is 0 Å². The average Bonchev–Trinajstić information content (AvgIpc) is 3.47. The molecule has 0 aliphatic heterocycles. The van der Waals surface area contributed by atoms with Crippen LogP contribution < -0.4 is 10.9 Å². The van der Waals surface area contributed by atoms with Gasteiger partial charge in [-0.3, -0.25) is 14.2 Å². The maximum absolute atomic E-state index is 13.3. The number of rotatable bonds is 5. The van der Waals surface area contributed by atoms with Crippen molar-refractivity contribution >= 4 is 28.6 Å². The number of hydrogen-bond donors (Lipinski definition) is 1. The highest BCUT2D eigenvalue weighted by Crippen LogP contribution is 2.38. The molecule has 2 saturated carbocycles. The Labute approximate surface area is 163 Å². The molecule has 1 N–H and O–H groups in total. The second-order valence-corrected chi connectivity index (χ2v) is 8.99. The van der Waals surface area contributed by atoms with Crippen molar-refractivity contribution in [2.45, 2.75) is 63.2 Å². The number of thioether (sulfide) groups is 1. The molecule has 0 unspecified atom stereocenters. The Bertz CT molecular complexity index is 906. The van der Waals surface area contributed by atoms with Crippen molar-refractivity contribution in [1.82, 2.24) is 14.9 Å². The van der Waals surface area contributed by atoms with E-state index in [1.54, 1.807) is 0 Å². The van der Waals surface area contributed by atoms with Gasteiger partial charge in [-0.25, -0.2) is 4.98 Å². The summed E-state index contributed by atoms with van der Waals surface area (Å²) in [5, 5.41) is 4.35. The number of nitrogens with zero attached hydrogens (tertiary/aromatic N) is 2. The lowest BCUT2D eigenvalue weighted by molar-refractivity contribution is -0.118. The Morgan fingerprint density at radius 3 is 2.78 bits per heavy atom. The van der Waals surface area contributed by atoms with E-state index in [1.807, 2.05) is 28.8 Å². The number of carbonyl (C=O) groups is 1. The molecule has 1 aromatic carbocycles. The van der Waals surface area contributed by atoms with E-state index >= 15 is 0 Å². The van der Waals surface area contributed by atoms with E-state index in [2.05, 4.69) is 19.2 Å². The molecule has 2 aliphatic carbocycles. The van der Waals surface area contributed by atoms with Crippen LogP contribution in [0.3, 0.4) is 0 Å². The van der Waals surface area contributed by atoms with Crippen molar-refractivity contribution in [3.63, 3.8) is 0 Å². The van der Waals surface area contributed by atoms with Gasteiger partial charge in [0, 0.05) is 12.1 Å². The molecule has 3 atom stereocenters. The molecular formula is C21H27N3O2S. The molecule has 0 spiro atoms. The van der Waals surface area contributed by atoms with Gasteiger partial charge >= 0.3 is 0 Å². The Kier molecular flexibility index (Phi) is 5.26. The molecule has 4 rings (SSSR count). The smallest absolute Gasteiger partial charge is 0.262 e. The first-order valence-electron chi connectivity index (χ1n) is 9.98. The first-order valence-corrected chi connectivity index (χ1v) is 11.0. The zero-order chi connectivity index (χ0) is 19.0. The van der Waals surface area contributed by atoms with Crippen LogP contribution in [0.25, 0.3) is 10.9 Å². The lowest BCUT2D eigenvalue weighted by Gasteiger charge is -2.36. The monoisotopic (exact) mass is 385 g/mol. The van der Waals surface area contributed by atoms with Gasteiger partial charge < -0.3 is 5.32 Å². The van der Waals surface area contributed by atoms with Crippen molar-refractivity contribution in [3.8, 4) is 0 Å². The molecule has 2 aliphatic rings. The van der Waals surface area contributed by atoms with Crippen LogP contribution in [0.4, 0.5) is 0 Å². The molecule has 0 bridgehead atoms. The first-order chi connectivity index (χ1) is 13.0. The third-order valence-corrected chi connectivity index (χ3v) is 7.00. The summed E-state index contributed by atoms with van der Waals surface area (Å²) in [6.07, 6.45) is 5.48. The van der Waals surface area contributed by atoms with E-state index < -0.39 is 0 Å². The van der Waals surface area contributed by atoms with Crippen molar-refractivity contribution in [1.29, 1.82) is 0 Å². The van der Waals surface area contributed by atoms with E-state index in [4.69, 9.17) is 4.98 Å². The van der Waals surface area contributed by atoms with Crippen LogP contribution in [-0.2, 0) is 4.79 Å². The average molecular weight is 386 g/mol. The highest BCUT2D eigenvalue weighted by molar-refractivity contribution is 7.99. The minimum atomic E-state index is 0.0247. The summed E-state index contributed by atoms with van der Waals surface area (Å²) in [6, 6.07) is 8.02. The van der Waals surface area contributed by atoms with Gasteiger partial charge in [-0.15, -0.1) is 0 Å². The van der Waals surface area contributed by atoms with Crippen LogP contribution in [0.1, 0.15) is 52.0 Å². The van der Waals surface area contributed by atoms with Crippen LogP contribution in [0.5, 0.6) is 0 Å². The minimum absolute atomic E-state index is 0.0247. The third-order valence-electron chi connectivity index (χ3n) is 6.05. The van der Waals surface area contributed by atoms with Gasteiger partial charge in [0.15, 0.2) is 5.16 Å². The Hall–Kier alpha value is -1.82. The summed E-state index contributed by atoms with van der Waals surface area (Å²) in [7, 11) is 0. The lowest BCUT2D eigenvalue weighted by atomic mass is 9.78. The number of carbonyl (C=O) groups excluding carboxylic acids is 1. The minimum Gasteiger partial charge on any atom is -0.353 e. The van der Waals surface area contributed by atoms with Gasteiger partial charge in [-0.05, 0) is 43.2 Å². The Balaban J connectivity index is 1.70. The fourth-order valence-corrected chi connectivity index (χ4v) is 4.93. The lowest BCUT2D eigenvalue weighted by Crippen LogP contribution is -2.35. The number of aromatic nitrogens is 2. The summed E-state index contributed by atoms with van der Waals surface area (Å²) in [5.74, 6) is 1.33. The second kappa shape index (κ2) is 7.66. The van der Waals surface area contributed by atoms with Crippen LogP contribution >= 0.6 is 11.8 Å². The Morgan fingerprint density at radius 2 is 2.00 bits per heavy atom. The molecule has 6 heteroatoms. The van der Waals surface area contributed by atoms with Gasteiger partial charge in [0.2, 0.25) is 5.91 Å². The molecule has 2 aromatic rings. The Morgan fingerprint density at radius 1 is 1.22 bits per heavy atom. The number of fused-ring (bicyclic) bond motifs is 1. The van der Waals surface area contributed by atoms with Crippen molar-refractivity contribution in [3.05, 3.63) is 34.6 Å². The fourth-order valence-electron chi connectivity index (χ4n) is 4.07. The SMILES string of the molecule is C[C@@H]1[C@@H](C)CCC[C@@H]1n1c(SCC(=O)NC2CC2)nc2ccccc2c1=O. The topological polar surface area (TPSA) is 64.0 Å². The highest BCUT2D eigenvalue weighted by Gasteiger charge is 2.31. The van der Waals surface area contributed by atoms with Crippen molar-refractivity contribution in [2.24, 2.45) is 11.8 Å². The quantitative estimate of drug-likeness (QED) is 0.629. The van der Waals surface area contributed by atoms with E-state index in [1.165, 1.54) is 18.2 Å². The van der Waals surface area contributed by atoms with Crippen molar-refractivity contribution < 1.29 is 4.79 Å². The summed E-state index contributed by atoms with van der Waals surface area (Å²) in [5.41, 5.74) is 0.733. The maximum Gasteiger partial charge on any atom is 0.262 e. The maximum atomic E-state index is 13.3. The number of nitrogens with one attached hydrogen (secondary N) is 1. The van der Waals surface area contributed by atoms with E-state index in [-0.39, 0.29) is 17.5 Å². The first kappa shape index (κ1) is 18.5. The molecular weight excluding hydrogens is 358 g/mol. The molecule has 144 valence electrons. The zero-order valence-corrected chi connectivity index (χ0v) is 16.8. The number of amides is 1. The molecule has 0 radical (unpaired) electrons. The molecule has 0 saturated heterocycles. The van der Waals surface area contributed by atoms with E-state index in [0.29, 0.717) is 39.7 Å². The van der Waals surface area contributed by atoms with E-state index in [0.717, 1.165) is 25.7 Å². The van der Waals surface area contributed by atoms with Gasteiger partial charge in [-0.1, -0.05) is 50.6 Å². The predicted molar refractivity (Wildman–Crippen MR) is 109 cm³/mol. The van der Waals surface area contributed by atoms with Crippen LogP contribution in [0.2, 0.25) is 0 Å². The number of para-hydroxylation sites is 1. The summed E-state index contributed by atoms with van der Waals surface area (Å²) in [4.78, 5) is 30.3.